The van der Waals surface area contributed by atoms with Crippen LogP contribution in [0, 0.1) is 0 Å². The van der Waals surface area contributed by atoms with Crippen molar-refractivity contribution >= 4 is 15.9 Å². The van der Waals surface area contributed by atoms with Crippen LogP contribution in [0.4, 0.5) is 13.2 Å². The van der Waals surface area contributed by atoms with Crippen LogP contribution in [0.5, 0.6) is 0 Å². The highest BCUT2D eigenvalue weighted by atomic mass is 79.9. The molecule has 1 aliphatic rings. The molecule has 60 valence electrons. The van der Waals surface area contributed by atoms with Gasteiger partial charge in [0.25, 0.3) is 0 Å². The van der Waals surface area contributed by atoms with Gasteiger partial charge in [-0.3, -0.25) is 0 Å². The lowest BCUT2D eigenvalue weighted by Crippen LogP contribution is -2.11. The molecule has 0 aliphatic heterocycles. The van der Waals surface area contributed by atoms with E-state index in [4.69, 9.17) is 0 Å². The first-order valence-electron chi connectivity index (χ1n) is 2.88. The van der Waals surface area contributed by atoms with E-state index in [2.05, 4.69) is 21.7 Å². The van der Waals surface area contributed by atoms with E-state index < -0.39 is 11.7 Å². The Morgan fingerprint density at radius 3 is 2.45 bits per heavy atom. The van der Waals surface area contributed by atoms with E-state index in [1.54, 1.807) is 0 Å². The number of alkyl halides is 3. The Bertz CT molecular complexity index is 253. The Hall–Kier alpha value is -0.470. The Balaban J connectivity index is 2.89. The molecule has 0 aromatic carbocycles. The van der Waals surface area contributed by atoms with Crippen LogP contribution in [-0.4, -0.2) is 6.18 Å². The summed E-state index contributed by atoms with van der Waals surface area (Å²) in [6.45, 7) is 0. The lowest BCUT2D eigenvalue weighted by molar-refractivity contribution is -0.0927. The number of rotatable bonds is 0. The molecule has 0 unspecified atom stereocenters. The average molecular weight is 225 g/mol. The predicted octanol–water partition coefficient (Wildman–Crippen LogP) is 3.31. The fourth-order valence-corrected chi connectivity index (χ4v) is 0.947. The molecule has 0 atom stereocenters. The molecule has 0 bridgehead atoms. The van der Waals surface area contributed by atoms with Crippen LogP contribution in [0.15, 0.2) is 27.9 Å². The van der Waals surface area contributed by atoms with E-state index in [-0.39, 0.29) is 6.42 Å². The summed E-state index contributed by atoms with van der Waals surface area (Å²) in [6.07, 6.45) is -1.60. The monoisotopic (exact) mass is 224 g/mol. The third-order valence-electron chi connectivity index (χ3n) is 1.23. The third-order valence-corrected chi connectivity index (χ3v) is 1.78. The lowest BCUT2D eigenvalue weighted by Gasteiger charge is -2.08. The van der Waals surface area contributed by atoms with Gasteiger partial charge in [-0.15, -0.1) is 5.73 Å². The molecule has 0 saturated carbocycles. The molecule has 0 heterocycles. The Morgan fingerprint density at radius 1 is 1.45 bits per heavy atom. The van der Waals surface area contributed by atoms with Crippen molar-refractivity contribution < 1.29 is 13.2 Å². The van der Waals surface area contributed by atoms with Gasteiger partial charge in [0.1, 0.15) is 0 Å². The Morgan fingerprint density at radius 2 is 2.09 bits per heavy atom. The minimum absolute atomic E-state index is 0.0966. The lowest BCUT2D eigenvalue weighted by atomic mass is 10.1. The molecule has 0 fully saturated rings. The van der Waals surface area contributed by atoms with Crippen molar-refractivity contribution in [2.45, 2.75) is 12.6 Å². The first-order chi connectivity index (χ1) is 5.00. The minimum Gasteiger partial charge on any atom is -0.166 e. The molecule has 0 aromatic rings. The predicted molar refractivity (Wildman–Crippen MR) is 39.3 cm³/mol. The van der Waals surface area contributed by atoms with Gasteiger partial charge < -0.3 is 0 Å². The van der Waals surface area contributed by atoms with Gasteiger partial charge in [-0.2, -0.15) is 13.2 Å². The standard InChI is InChI=1S/C7H4BrF3/c8-6-3-1-5(2-4-6)7(9,10)11/h3-4H,1H2. The van der Waals surface area contributed by atoms with Crippen molar-refractivity contribution in [1.82, 2.24) is 0 Å². The summed E-state index contributed by atoms with van der Waals surface area (Å²) < 4.78 is 36.4. The van der Waals surface area contributed by atoms with Gasteiger partial charge in [0.15, 0.2) is 0 Å². The molecule has 0 saturated heterocycles. The van der Waals surface area contributed by atoms with Gasteiger partial charge in [0, 0.05) is 10.9 Å². The van der Waals surface area contributed by atoms with E-state index in [1.807, 2.05) is 0 Å². The SMILES string of the molecule is FC(F)(F)C1=C=CC(Br)=CC1. The molecule has 1 aliphatic carbocycles. The van der Waals surface area contributed by atoms with Crippen LogP contribution in [0.1, 0.15) is 6.42 Å². The average Bonchev–Trinajstić information content (AvgIpc) is 1.86. The summed E-state index contributed by atoms with van der Waals surface area (Å²) in [5.41, 5.74) is 1.54. The molecule has 11 heavy (non-hydrogen) atoms. The second kappa shape index (κ2) is 2.88. The maximum absolute atomic E-state index is 11.9. The topological polar surface area (TPSA) is 0 Å². The summed E-state index contributed by atoms with van der Waals surface area (Å²) in [7, 11) is 0. The molecule has 1 rings (SSSR count). The van der Waals surface area contributed by atoms with E-state index >= 15 is 0 Å². The zero-order valence-electron chi connectivity index (χ0n) is 5.37. The zero-order chi connectivity index (χ0) is 8.48. The summed E-state index contributed by atoms with van der Waals surface area (Å²) in [4.78, 5) is 0. The van der Waals surface area contributed by atoms with Gasteiger partial charge in [-0.05, 0) is 6.08 Å². The second-order valence-electron chi connectivity index (χ2n) is 2.06. The summed E-state index contributed by atoms with van der Waals surface area (Å²) in [5.74, 6) is 0. The molecule has 0 nitrogen and oxygen atoms in total. The number of hydrogen-bond donors (Lipinski definition) is 0. The largest absolute Gasteiger partial charge is 0.420 e. The fourth-order valence-electron chi connectivity index (χ4n) is 0.671. The smallest absolute Gasteiger partial charge is 0.166 e. The first-order valence-corrected chi connectivity index (χ1v) is 3.68. The molecule has 0 amide bonds. The van der Waals surface area contributed by atoms with Crippen molar-refractivity contribution in [1.29, 1.82) is 0 Å². The van der Waals surface area contributed by atoms with Crippen LogP contribution in [0.2, 0.25) is 0 Å². The molecule has 0 aromatic heterocycles. The highest BCUT2D eigenvalue weighted by Gasteiger charge is 2.33. The van der Waals surface area contributed by atoms with Crippen molar-refractivity contribution in [2.75, 3.05) is 0 Å². The van der Waals surface area contributed by atoms with Gasteiger partial charge >= 0.3 is 6.18 Å². The van der Waals surface area contributed by atoms with E-state index in [0.717, 1.165) is 0 Å². The molecule has 4 heteroatoms. The number of hydrogen-bond acceptors (Lipinski definition) is 0. The maximum Gasteiger partial charge on any atom is 0.420 e. The van der Waals surface area contributed by atoms with Gasteiger partial charge in [-0.1, -0.05) is 22.0 Å². The highest BCUT2D eigenvalue weighted by Crippen LogP contribution is 2.30. The number of allylic oxidation sites excluding steroid dienone is 3. The highest BCUT2D eigenvalue weighted by molar-refractivity contribution is 9.11. The van der Waals surface area contributed by atoms with Gasteiger partial charge in [0.05, 0.1) is 5.57 Å². The second-order valence-corrected chi connectivity index (χ2v) is 2.97. The van der Waals surface area contributed by atoms with Gasteiger partial charge in [-0.25, -0.2) is 0 Å². The minimum atomic E-state index is -4.24. The van der Waals surface area contributed by atoms with Crippen LogP contribution in [0.3, 0.4) is 0 Å². The van der Waals surface area contributed by atoms with Crippen LogP contribution >= 0.6 is 15.9 Å². The van der Waals surface area contributed by atoms with Crippen LogP contribution in [-0.2, 0) is 0 Å². The summed E-state index contributed by atoms with van der Waals surface area (Å²) in [6, 6.07) is 0. The number of halogens is 4. The van der Waals surface area contributed by atoms with E-state index in [1.165, 1.54) is 12.2 Å². The quantitative estimate of drug-likeness (QED) is 0.554. The van der Waals surface area contributed by atoms with Crippen molar-refractivity contribution in [3.05, 3.63) is 27.9 Å². The fraction of sp³-hybridized carbons (Fsp3) is 0.286. The van der Waals surface area contributed by atoms with Crippen molar-refractivity contribution in [3.63, 3.8) is 0 Å². The third kappa shape index (κ3) is 2.24. The first kappa shape index (κ1) is 8.62. The van der Waals surface area contributed by atoms with Crippen molar-refractivity contribution in [3.8, 4) is 0 Å². The molecular weight excluding hydrogens is 221 g/mol. The Kier molecular flexibility index (Phi) is 2.25. The zero-order valence-corrected chi connectivity index (χ0v) is 6.96. The van der Waals surface area contributed by atoms with Crippen molar-refractivity contribution in [2.24, 2.45) is 0 Å². The molecule has 0 N–H and O–H groups in total. The normalized spacial score (nSPS) is 17.8. The molecule has 0 radical (unpaired) electrons. The maximum atomic E-state index is 11.9. The summed E-state index contributed by atoms with van der Waals surface area (Å²) in [5, 5.41) is 0. The van der Waals surface area contributed by atoms with E-state index in [9.17, 15) is 13.2 Å². The Labute approximate surface area is 70.2 Å². The van der Waals surface area contributed by atoms with Crippen LogP contribution in [0.25, 0.3) is 0 Å². The summed E-state index contributed by atoms with van der Waals surface area (Å²) >= 11 is 3.04. The van der Waals surface area contributed by atoms with Gasteiger partial charge in [0.2, 0.25) is 0 Å². The molecular formula is C7H4BrF3. The van der Waals surface area contributed by atoms with E-state index in [0.29, 0.717) is 4.48 Å². The van der Waals surface area contributed by atoms with Crippen LogP contribution < -0.4 is 0 Å². The molecule has 0 spiro atoms.